The Morgan fingerprint density at radius 3 is 2.61 bits per heavy atom. The van der Waals surface area contributed by atoms with Crippen LogP contribution in [0.3, 0.4) is 0 Å². The fourth-order valence-corrected chi connectivity index (χ4v) is 2.53. The summed E-state index contributed by atoms with van der Waals surface area (Å²) in [5.74, 6) is 0.0361. The zero-order valence-corrected chi connectivity index (χ0v) is 11.0. The Hall–Kier alpha value is -0.640. The molecule has 1 aromatic rings. The van der Waals surface area contributed by atoms with Gasteiger partial charge in [0, 0.05) is 6.61 Å². The second kappa shape index (κ2) is 6.50. The Balaban J connectivity index is 1.79. The third-order valence-electron chi connectivity index (χ3n) is 3.52. The summed E-state index contributed by atoms with van der Waals surface area (Å²) < 4.78 is 18.8. The summed E-state index contributed by atoms with van der Waals surface area (Å²) >= 11 is 5.71. The average molecular weight is 273 g/mol. The average Bonchev–Trinajstić information content (AvgIpc) is 2.41. The largest absolute Gasteiger partial charge is 0.396 e. The molecule has 1 aromatic carbocycles. The van der Waals surface area contributed by atoms with Crippen LogP contribution in [0.1, 0.15) is 31.2 Å². The van der Waals surface area contributed by atoms with E-state index in [1.807, 2.05) is 0 Å². The number of aliphatic hydroxyl groups is 1. The highest BCUT2D eigenvalue weighted by atomic mass is 35.5. The molecule has 0 heterocycles. The molecule has 0 radical (unpaired) electrons. The van der Waals surface area contributed by atoms with Crippen LogP contribution in [0.15, 0.2) is 18.2 Å². The molecule has 1 N–H and O–H groups in total. The van der Waals surface area contributed by atoms with E-state index in [1.165, 1.54) is 6.07 Å². The number of benzene rings is 1. The first kappa shape index (κ1) is 13.8. The molecule has 0 bridgehead atoms. The number of ether oxygens (including phenoxy) is 1. The second-order valence-electron chi connectivity index (χ2n) is 4.88. The van der Waals surface area contributed by atoms with Crippen molar-refractivity contribution in [2.75, 3.05) is 6.61 Å². The molecule has 100 valence electrons. The standard InChI is InChI=1S/C14H18ClFO2/c15-13-7-11(3-6-14(13)16)9-18-12-4-1-10(8-17)2-5-12/h3,6-7,10,12,17H,1-2,4-5,8-9H2. The van der Waals surface area contributed by atoms with Crippen molar-refractivity contribution in [2.24, 2.45) is 5.92 Å². The van der Waals surface area contributed by atoms with Crippen LogP contribution in [0.5, 0.6) is 0 Å². The summed E-state index contributed by atoms with van der Waals surface area (Å²) in [4.78, 5) is 0. The van der Waals surface area contributed by atoms with Crippen molar-refractivity contribution in [3.63, 3.8) is 0 Å². The van der Waals surface area contributed by atoms with Crippen molar-refractivity contribution in [2.45, 2.75) is 38.4 Å². The van der Waals surface area contributed by atoms with E-state index in [9.17, 15) is 4.39 Å². The summed E-state index contributed by atoms with van der Waals surface area (Å²) in [5, 5.41) is 9.19. The lowest BCUT2D eigenvalue weighted by Gasteiger charge is -2.27. The maximum atomic E-state index is 13.0. The summed E-state index contributed by atoms with van der Waals surface area (Å²) in [6, 6.07) is 4.67. The van der Waals surface area contributed by atoms with Crippen molar-refractivity contribution in [1.82, 2.24) is 0 Å². The summed E-state index contributed by atoms with van der Waals surface area (Å²) in [5.41, 5.74) is 0.894. The van der Waals surface area contributed by atoms with Crippen LogP contribution in [-0.2, 0) is 11.3 Å². The maximum absolute atomic E-state index is 13.0. The Morgan fingerprint density at radius 1 is 1.28 bits per heavy atom. The fraction of sp³-hybridized carbons (Fsp3) is 0.571. The monoisotopic (exact) mass is 272 g/mol. The van der Waals surface area contributed by atoms with Crippen LogP contribution in [0, 0.1) is 11.7 Å². The smallest absolute Gasteiger partial charge is 0.141 e. The van der Waals surface area contributed by atoms with Crippen molar-refractivity contribution in [3.05, 3.63) is 34.6 Å². The van der Waals surface area contributed by atoms with Crippen LogP contribution >= 0.6 is 11.6 Å². The summed E-state index contributed by atoms with van der Waals surface area (Å²) in [6.45, 7) is 0.745. The molecule has 0 aromatic heterocycles. The topological polar surface area (TPSA) is 29.5 Å². The van der Waals surface area contributed by atoms with Gasteiger partial charge in [-0.05, 0) is 49.3 Å². The molecule has 2 nitrogen and oxygen atoms in total. The van der Waals surface area contributed by atoms with Crippen LogP contribution < -0.4 is 0 Å². The first-order valence-electron chi connectivity index (χ1n) is 6.35. The Morgan fingerprint density at radius 2 is 2.00 bits per heavy atom. The van der Waals surface area contributed by atoms with Gasteiger partial charge in [-0.1, -0.05) is 17.7 Å². The second-order valence-corrected chi connectivity index (χ2v) is 5.29. The van der Waals surface area contributed by atoms with Gasteiger partial charge in [-0.3, -0.25) is 0 Å². The Labute approximate surface area is 112 Å². The molecule has 1 aliphatic carbocycles. The SMILES string of the molecule is OCC1CCC(OCc2ccc(F)c(Cl)c2)CC1. The van der Waals surface area contributed by atoms with Gasteiger partial charge in [0.2, 0.25) is 0 Å². The van der Waals surface area contributed by atoms with Crippen LogP contribution in [0.4, 0.5) is 4.39 Å². The molecule has 0 spiro atoms. The van der Waals surface area contributed by atoms with Gasteiger partial charge in [-0.2, -0.15) is 0 Å². The molecular weight excluding hydrogens is 255 g/mol. The van der Waals surface area contributed by atoms with Gasteiger partial charge in [0.15, 0.2) is 0 Å². The van der Waals surface area contributed by atoms with Crippen LogP contribution in [0.2, 0.25) is 5.02 Å². The minimum atomic E-state index is -0.399. The van der Waals surface area contributed by atoms with Crippen molar-refractivity contribution in [3.8, 4) is 0 Å². The zero-order chi connectivity index (χ0) is 13.0. The number of hydrogen-bond acceptors (Lipinski definition) is 2. The predicted octanol–water partition coefficient (Wildman–Crippen LogP) is 3.55. The van der Waals surface area contributed by atoms with E-state index in [0.29, 0.717) is 12.5 Å². The third-order valence-corrected chi connectivity index (χ3v) is 3.81. The molecule has 1 saturated carbocycles. The van der Waals surface area contributed by atoms with Gasteiger partial charge in [0.25, 0.3) is 0 Å². The number of aliphatic hydroxyl groups excluding tert-OH is 1. The lowest BCUT2D eigenvalue weighted by molar-refractivity contribution is 0.00119. The molecule has 0 aliphatic heterocycles. The number of halogens is 2. The first-order valence-corrected chi connectivity index (χ1v) is 6.73. The molecule has 4 heteroatoms. The highest BCUT2D eigenvalue weighted by Crippen LogP contribution is 2.26. The molecule has 1 fully saturated rings. The van der Waals surface area contributed by atoms with Crippen molar-refractivity contribution >= 4 is 11.6 Å². The minimum Gasteiger partial charge on any atom is -0.396 e. The van der Waals surface area contributed by atoms with Gasteiger partial charge in [-0.15, -0.1) is 0 Å². The third kappa shape index (κ3) is 3.67. The van der Waals surface area contributed by atoms with Crippen molar-refractivity contribution < 1.29 is 14.2 Å². The van der Waals surface area contributed by atoms with Crippen LogP contribution in [-0.4, -0.2) is 17.8 Å². The Kier molecular flexibility index (Phi) is 4.98. The number of hydrogen-bond donors (Lipinski definition) is 1. The molecule has 0 saturated heterocycles. The van der Waals surface area contributed by atoms with Gasteiger partial charge < -0.3 is 9.84 Å². The lowest BCUT2D eigenvalue weighted by atomic mass is 9.88. The van der Waals surface area contributed by atoms with Gasteiger partial charge in [0.05, 0.1) is 17.7 Å². The minimum absolute atomic E-state index is 0.139. The lowest BCUT2D eigenvalue weighted by Crippen LogP contribution is -2.23. The van der Waals surface area contributed by atoms with E-state index in [-0.39, 0.29) is 17.7 Å². The molecule has 0 unspecified atom stereocenters. The molecule has 2 rings (SSSR count). The van der Waals surface area contributed by atoms with Gasteiger partial charge in [-0.25, -0.2) is 4.39 Å². The molecule has 1 aliphatic rings. The van der Waals surface area contributed by atoms with E-state index in [1.54, 1.807) is 12.1 Å². The summed E-state index contributed by atoms with van der Waals surface area (Å²) in [6.07, 6.45) is 4.26. The summed E-state index contributed by atoms with van der Waals surface area (Å²) in [7, 11) is 0. The molecular formula is C14H18ClFO2. The van der Waals surface area contributed by atoms with E-state index in [2.05, 4.69) is 0 Å². The fourth-order valence-electron chi connectivity index (χ4n) is 2.32. The highest BCUT2D eigenvalue weighted by Gasteiger charge is 2.20. The Bertz CT molecular complexity index is 389. The maximum Gasteiger partial charge on any atom is 0.141 e. The molecule has 0 amide bonds. The van der Waals surface area contributed by atoms with Gasteiger partial charge >= 0.3 is 0 Å². The zero-order valence-electron chi connectivity index (χ0n) is 10.2. The van der Waals surface area contributed by atoms with Gasteiger partial charge in [0.1, 0.15) is 5.82 Å². The normalized spacial score (nSPS) is 24.2. The van der Waals surface area contributed by atoms with Crippen molar-refractivity contribution in [1.29, 1.82) is 0 Å². The van der Waals surface area contributed by atoms with E-state index >= 15 is 0 Å². The molecule has 18 heavy (non-hydrogen) atoms. The van der Waals surface area contributed by atoms with Crippen LogP contribution in [0.25, 0.3) is 0 Å². The van der Waals surface area contributed by atoms with E-state index in [4.69, 9.17) is 21.4 Å². The quantitative estimate of drug-likeness (QED) is 0.908. The predicted molar refractivity (Wildman–Crippen MR) is 69.0 cm³/mol. The molecule has 0 atom stereocenters. The highest BCUT2D eigenvalue weighted by molar-refractivity contribution is 6.30. The van der Waals surface area contributed by atoms with E-state index < -0.39 is 5.82 Å². The first-order chi connectivity index (χ1) is 8.69. The van der Waals surface area contributed by atoms with E-state index in [0.717, 1.165) is 31.2 Å². The number of rotatable bonds is 4.